The second-order valence-electron chi connectivity index (χ2n) is 4.14. The zero-order valence-electron chi connectivity index (χ0n) is 9.54. The number of allylic oxidation sites excluding steroid dienone is 2. The van der Waals surface area contributed by atoms with Gasteiger partial charge >= 0.3 is 5.97 Å². The molecule has 1 fully saturated rings. The summed E-state index contributed by atoms with van der Waals surface area (Å²) in [6, 6.07) is 0. The average Bonchev–Trinajstić information content (AvgIpc) is 2.74. The molecule has 3 unspecified atom stereocenters. The van der Waals surface area contributed by atoms with E-state index in [0.29, 0.717) is 12.5 Å². The lowest BCUT2D eigenvalue weighted by atomic mass is 10.0. The van der Waals surface area contributed by atoms with Crippen molar-refractivity contribution < 1.29 is 9.53 Å². The fourth-order valence-corrected chi connectivity index (χ4v) is 2.24. The predicted molar refractivity (Wildman–Crippen MR) is 56.8 cm³/mol. The van der Waals surface area contributed by atoms with Gasteiger partial charge in [0.1, 0.15) is 0 Å². The molecule has 0 spiro atoms. The lowest BCUT2D eigenvalue weighted by Crippen LogP contribution is -2.11. The molecule has 0 radical (unpaired) electrons. The Hall–Kier alpha value is -0.790. The minimum Gasteiger partial charge on any atom is -0.466 e. The van der Waals surface area contributed by atoms with Crippen molar-refractivity contribution in [2.75, 3.05) is 6.61 Å². The highest BCUT2D eigenvalue weighted by atomic mass is 16.5. The van der Waals surface area contributed by atoms with E-state index in [2.05, 4.69) is 19.9 Å². The third kappa shape index (κ3) is 1.70. The van der Waals surface area contributed by atoms with Crippen LogP contribution < -0.4 is 0 Å². The van der Waals surface area contributed by atoms with Crippen molar-refractivity contribution in [1.82, 2.24) is 0 Å². The Balaban J connectivity index is 2.67. The molecule has 2 heteroatoms. The first-order valence-corrected chi connectivity index (χ1v) is 5.41. The molecule has 0 aromatic rings. The van der Waals surface area contributed by atoms with Crippen molar-refractivity contribution in [2.24, 2.45) is 17.3 Å². The standard InChI is InChI=1S/C12H20O2/c1-5-8-9-10(11(13)14-7-3)12(9,4)6-2/h5,8-10H,6-7H2,1-4H3. The summed E-state index contributed by atoms with van der Waals surface area (Å²) in [5.74, 6) is 0.445. The molecule has 0 bridgehead atoms. The molecule has 14 heavy (non-hydrogen) atoms. The Morgan fingerprint density at radius 1 is 1.50 bits per heavy atom. The molecule has 1 saturated carbocycles. The van der Waals surface area contributed by atoms with E-state index in [-0.39, 0.29) is 17.3 Å². The van der Waals surface area contributed by atoms with E-state index in [4.69, 9.17) is 4.74 Å². The van der Waals surface area contributed by atoms with Gasteiger partial charge in [-0.1, -0.05) is 26.0 Å². The second-order valence-corrected chi connectivity index (χ2v) is 4.14. The summed E-state index contributed by atoms with van der Waals surface area (Å²) in [4.78, 5) is 11.6. The first-order chi connectivity index (χ1) is 6.61. The molecule has 1 aliphatic carbocycles. The Morgan fingerprint density at radius 2 is 2.14 bits per heavy atom. The third-order valence-electron chi connectivity index (χ3n) is 3.42. The van der Waals surface area contributed by atoms with Crippen molar-refractivity contribution >= 4 is 5.97 Å². The molecule has 3 atom stereocenters. The Labute approximate surface area is 86.3 Å². The molecular formula is C12H20O2. The highest BCUT2D eigenvalue weighted by Gasteiger charge is 2.62. The SMILES string of the molecule is CC=CC1C(C(=O)OCC)C1(C)CC. The van der Waals surface area contributed by atoms with Gasteiger partial charge in [-0.2, -0.15) is 0 Å². The molecule has 0 N–H and O–H groups in total. The van der Waals surface area contributed by atoms with Crippen LogP contribution in [0.2, 0.25) is 0 Å². The number of rotatable bonds is 4. The van der Waals surface area contributed by atoms with Gasteiger partial charge in [-0.3, -0.25) is 4.79 Å². The molecule has 0 saturated heterocycles. The van der Waals surface area contributed by atoms with Crippen molar-refractivity contribution in [1.29, 1.82) is 0 Å². The third-order valence-corrected chi connectivity index (χ3v) is 3.42. The molecule has 2 nitrogen and oxygen atoms in total. The molecular weight excluding hydrogens is 176 g/mol. The maximum absolute atomic E-state index is 11.6. The monoisotopic (exact) mass is 196 g/mol. The Bertz CT molecular complexity index is 245. The van der Waals surface area contributed by atoms with E-state index in [1.807, 2.05) is 19.9 Å². The minimum atomic E-state index is -0.0278. The fraction of sp³-hybridized carbons (Fsp3) is 0.750. The smallest absolute Gasteiger partial charge is 0.310 e. The molecule has 0 amide bonds. The average molecular weight is 196 g/mol. The van der Waals surface area contributed by atoms with Gasteiger partial charge in [0.2, 0.25) is 0 Å². The number of ether oxygens (including phenoxy) is 1. The second kappa shape index (κ2) is 4.16. The highest BCUT2D eigenvalue weighted by Crippen LogP contribution is 2.61. The van der Waals surface area contributed by atoms with Crippen LogP contribution in [0, 0.1) is 17.3 Å². The van der Waals surface area contributed by atoms with Gasteiger partial charge in [-0.05, 0) is 31.6 Å². The maximum Gasteiger partial charge on any atom is 0.310 e. The lowest BCUT2D eigenvalue weighted by molar-refractivity contribution is -0.145. The van der Waals surface area contributed by atoms with E-state index < -0.39 is 0 Å². The van der Waals surface area contributed by atoms with Crippen molar-refractivity contribution in [2.45, 2.75) is 34.1 Å². The normalized spacial score (nSPS) is 36.0. The van der Waals surface area contributed by atoms with Gasteiger partial charge in [0, 0.05) is 0 Å². The summed E-state index contributed by atoms with van der Waals surface area (Å²) in [7, 11) is 0. The van der Waals surface area contributed by atoms with Crippen LogP contribution in [-0.2, 0) is 9.53 Å². The van der Waals surface area contributed by atoms with Crippen LogP contribution in [0.5, 0.6) is 0 Å². The number of esters is 1. The summed E-state index contributed by atoms with van der Waals surface area (Å²) in [5.41, 5.74) is 0.138. The van der Waals surface area contributed by atoms with E-state index >= 15 is 0 Å². The fourth-order valence-electron chi connectivity index (χ4n) is 2.24. The zero-order chi connectivity index (χ0) is 10.8. The topological polar surface area (TPSA) is 26.3 Å². The van der Waals surface area contributed by atoms with Gasteiger partial charge < -0.3 is 4.74 Å². The van der Waals surface area contributed by atoms with Gasteiger partial charge in [-0.15, -0.1) is 0 Å². The minimum absolute atomic E-state index is 0.0278. The van der Waals surface area contributed by atoms with Crippen LogP contribution in [0.25, 0.3) is 0 Å². The van der Waals surface area contributed by atoms with Crippen LogP contribution in [-0.4, -0.2) is 12.6 Å². The molecule has 1 aliphatic rings. The lowest BCUT2D eigenvalue weighted by Gasteiger charge is -2.06. The number of hydrogen-bond acceptors (Lipinski definition) is 2. The van der Waals surface area contributed by atoms with Crippen molar-refractivity contribution in [3.8, 4) is 0 Å². The van der Waals surface area contributed by atoms with Gasteiger partial charge in [0.15, 0.2) is 0 Å². The molecule has 0 aromatic heterocycles. The van der Waals surface area contributed by atoms with Crippen LogP contribution >= 0.6 is 0 Å². The first-order valence-electron chi connectivity index (χ1n) is 5.41. The maximum atomic E-state index is 11.6. The van der Waals surface area contributed by atoms with Gasteiger partial charge in [0.25, 0.3) is 0 Å². The summed E-state index contributed by atoms with van der Waals surface area (Å²) in [6.07, 6.45) is 5.19. The van der Waals surface area contributed by atoms with Crippen molar-refractivity contribution in [3.05, 3.63) is 12.2 Å². The van der Waals surface area contributed by atoms with Crippen LogP contribution in [0.4, 0.5) is 0 Å². The highest BCUT2D eigenvalue weighted by molar-refractivity contribution is 5.78. The summed E-state index contributed by atoms with van der Waals surface area (Å²) < 4.78 is 5.07. The summed E-state index contributed by atoms with van der Waals surface area (Å²) >= 11 is 0. The van der Waals surface area contributed by atoms with E-state index in [9.17, 15) is 4.79 Å². The van der Waals surface area contributed by atoms with Crippen LogP contribution in [0.1, 0.15) is 34.1 Å². The number of hydrogen-bond donors (Lipinski definition) is 0. The number of carbonyl (C=O) groups is 1. The number of carbonyl (C=O) groups excluding carboxylic acids is 1. The van der Waals surface area contributed by atoms with Gasteiger partial charge in [0.05, 0.1) is 12.5 Å². The summed E-state index contributed by atoms with van der Waals surface area (Å²) in [5, 5.41) is 0. The first kappa shape index (κ1) is 11.3. The van der Waals surface area contributed by atoms with Crippen molar-refractivity contribution in [3.63, 3.8) is 0 Å². The van der Waals surface area contributed by atoms with Gasteiger partial charge in [-0.25, -0.2) is 0 Å². The van der Waals surface area contributed by atoms with Crippen LogP contribution in [0.3, 0.4) is 0 Å². The summed E-state index contributed by atoms with van der Waals surface area (Å²) in [6.45, 7) is 8.64. The molecule has 1 rings (SSSR count). The molecule has 0 aliphatic heterocycles. The molecule has 0 aromatic carbocycles. The quantitative estimate of drug-likeness (QED) is 0.510. The van der Waals surface area contributed by atoms with E-state index in [0.717, 1.165) is 6.42 Å². The van der Waals surface area contributed by atoms with Crippen LogP contribution in [0.15, 0.2) is 12.2 Å². The zero-order valence-corrected chi connectivity index (χ0v) is 9.54. The van der Waals surface area contributed by atoms with E-state index in [1.165, 1.54) is 0 Å². The Morgan fingerprint density at radius 3 is 2.57 bits per heavy atom. The largest absolute Gasteiger partial charge is 0.466 e. The molecule has 80 valence electrons. The Kier molecular flexibility index (Phi) is 3.35. The predicted octanol–water partition coefficient (Wildman–Crippen LogP) is 2.79. The molecule has 0 heterocycles. The van der Waals surface area contributed by atoms with E-state index in [1.54, 1.807) is 0 Å².